The van der Waals surface area contributed by atoms with Gasteiger partial charge in [0.2, 0.25) is 5.82 Å². The van der Waals surface area contributed by atoms with Gasteiger partial charge in [-0.25, -0.2) is 4.98 Å². The number of rotatable bonds is 12. The topological polar surface area (TPSA) is 79.8 Å². The molecule has 7 aromatic carbocycles. The first-order chi connectivity index (χ1) is 38.2. The standard InChI is InChI=1S/C65H43N6.Ir/c66-40-60-70-63(51-23-11-4-12-24-51)65-62-61(50-21-9-3-10-22-50)56(43-69-64(62)55-27-15-16-28-59(55)71(60)65)54-26-14-13-25-53(54)52-38-46(31-29-44-33-35-57(67-41-44)48-17-5-1-6-18-48)37-47(39-52)32-30-45-34-36-58(68-42-45)49-19-7-2-8-20-49;/h1-17,19,21-26,28,33-39,41-43H,29-32H2;/q-3;+3/i29D2,30D2,31D2,32D2;. The van der Waals surface area contributed by atoms with Crippen molar-refractivity contribution in [3.63, 3.8) is 0 Å². The van der Waals surface area contributed by atoms with E-state index in [-0.39, 0.29) is 53.7 Å². The molecule has 0 bridgehead atoms. The summed E-state index contributed by atoms with van der Waals surface area (Å²) in [6, 6.07) is 69.3. The van der Waals surface area contributed by atoms with Gasteiger partial charge in [0, 0.05) is 40.7 Å². The monoisotopic (exact) mass is 1110 g/mol. The molecule has 0 amide bonds. The first kappa shape index (κ1) is 37.2. The Morgan fingerprint density at radius 3 is 1.65 bits per heavy atom. The van der Waals surface area contributed by atoms with Crippen LogP contribution in [0.4, 0.5) is 0 Å². The third kappa shape index (κ3) is 8.91. The van der Waals surface area contributed by atoms with Gasteiger partial charge in [0.25, 0.3) is 0 Å². The van der Waals surface area contributed by atoms with E-state index in [1.54, 1.807) is 36.5 Å². The van der Waals surface area contributed by atoms with Crippen LogP contribution in [0.2, 0.25) is 0 Å². The Hall–Kier alpha value is -8.66. The molecule has 5 heterocycles. The van der Waals surface area contributed by atoms with Crippen LogP contribution in [0.5, 0.6) is 0 Å². The fraction of sp³-hybridized carbons (Fsp3) is 0.0615. The van der Waals surface area contributed by atoms with E-state index in [0.29, 0.717) is 72.2 Å². The molecule has 342 valence electrons. The summed E-state index contributed by atoms with van der Waals surface area (Å²) in [5, 5.41) is 12.1. The molecule has 0 atom stereocenters. The van der Waals surface area contributed by atoms with Crippen molar-refractivity contribution >= 4 is 27.3 Å². The molecule has 0 radical (unpaired) electrons. The largest absolute Gasteiger partial charge is 3.00 e. The summed E-state index contributed by atoms with van der Waals surface area (Å²) in [6.45, 7) is 0. The minimum absolute atomic E-state index is 0. The molecule has 72 heavy (non-hydrogen) atoms. The van der Waals surface area contributed by atoms with E-state index < -0.39 is 25.5 Å². The van der Waals surface area contributed by atoms with Crippen LogP contribution in [-0.4, -0.2) is 24.3 Å². The normalized spacial score (nSPS) is 13.6. The smallest absolute Gasteiger partial charge is 0.326 e. The second kappa shape index (κ2) is 20.4. The van der Waals surface area contributed by atoms with Crippen molar-refractivity contribution in [3.8, 4) is 73.2 Å². The molecule has 0 saturated carbocycles. The number of nitriles is 1. The SMILES string of the molecule is [2H]C([2H])(c1ccc(-c2[c-]cccc2)nc1)C([2H])([2H])c1cc(-c2ccccc2-c2cnc3c4[c-]cccc4n4c(C#N)nc(-c5ccccc5)c4c3c2-c2ccccc2)cc(C([2H])([2H])C([2H])([2H])c2ccc(-c3[c-]cccc3)nc2)c1.[Ir+3]. The van der Waals surface area contributed by atoms with Crippen LogP contribution in [0.25, 0.3) is 94.5 Å². The third-order valence-electron chi connectivity index (χ3n) is 12.4. The maximum Gasteiger partial charge on any atom is 3.00 e. The number of pyridine rings is 4. The summed E-state index contributed by atoms with van der Waals surface area (Å²) >= 11 is 0. The van der Waals surface area contributed by atoms with Gasteiger partial charge in [0.05, 0.1) is 11.2 Å². The number of fused-ring (bicyclic) bond motifs is 6. The number of aromatic nitrogens is 5. The average molecular weight is 1110 g/mol. The summed E-state index contributed by atoms with van der Waals surface area (Å²) in [6.07, 6.45) is -6.94. The molecule has 0 saturated heterocycles. The first-order valence-corrected chi connectivity index (χ1v) is 23.0. The first-order valence-electron chi connectivity index (χ1n) is 27.0. The van der Waals surface area contributed by atoms with E-state index in [9.17, 15) is 16.2 Å². The van der Waals surface area contributed by atoms with Gasteiger partial charge in [-0.15, -0.1) is 101 Å². The van der Waals surface area contributed by atoms with Crippen molar-refractivity contribution in [1.82, 2.24) is 24.3 Å². The summed E-state index contributed by atoms with van der Waals surface area (Å²) in [5.41, 5.74) is 8.56. The molecule has 7 heteroatoms. The number of nitrogens with zero attached hydrogens (tertiary/aromatic N) is 6. The Morgan fingerprint density at radius 2 is 1.07 bits per heavy atom. The van der Waals surface area contributed by atoms with Crippen molar-refractivity contribution < 1.29 is 31.1 Å². The molecular formula is C65H43IrN6. The zero-order valence-corrected chi connectivity index (χ0v) is 40.6. The van der Waals surface area contributed by atoms with Gasteiger partial charge in [-0.2, -0.15) is 5.26 Å². The minimum Gasteiger partial charge on any atom is -0.326 e. The Kier molecular flexibility index (Phi) is 10.5. The molecule has 0 fully saturated rings. The van der Waals surface area contributed by atoms with Crippen LogP contribution in [0.15, 0.2) is 213 Å². The van der Waals surface area contributed by atoms with Crippen molar-refractivity contribution in [1.29, 1.82) is 5.26 Å². The second-order valence-electron chi connectivity index (χ2n) is 16.8. The maximum atomic E-state index is 10.7. The van der Waals surface area contributed by atoms with Gasteiger partial charge in [0.15, 0.2) is 0 Å². The van der Waals surface area contributed by atoms with Gasteiger partial charge in [0.1, 0.15) is 6.07 Å². The molecule has 0 N–H and O–H groups in total. The van der Waals surface area contributed by atoms with Gasteiger partial charge < -0.3 is 19.4 Å². The van der Waals surface area contributed by atoms with Gasteiger partial charge in [-0.05, 0) is 103 Å². The fourth-order valence-electron chi connectivity index (χ4n) is 9.15. The van der Waals surface area contributed by atoms with Crippen LogP contribution in [0.1, 0.15) is 39.0 Å². The number of imidazole rings is 1. The number of benzene rings is 7. The van der Waals surface area contributed by atoms with Crippen molar-refractivity contribution in [2.75, 3.05) is 0 Å². The Bertz CT molecular complexity index is 4180. The van der Waals surface area contributed by atoms with Crippen LogP contribution >= 0.6 is 0 Å². The van der Waals surface area contributed by atoms with E-state index in [1.807, 2.05) is 138 Å². The third-order valence-corrected chi connectivity index (χ3v) is 12.4. The van der Waals surface area contributed by atoms with Gasteiger partial charge >= 0.3 is 20.1 Å². The molecule has 12 rings (SSSR count). The second-order valence-corrected chi connectivity index (χ2v) is 16.8. The van der Waals surface area contributed by atoms with E-state index >= 15 is 0 Å². The summed E-state index contributed by atoms with van der Waals surface area (Å²) in [7, 11) is 0. The Balaban J connectivity index is 0.00000675. The fourth-order valence-corrected chi connectivity index (χ4v) is 9.15. The average Bonchev–Trinajstić information content (AvgIpc) is 4.04. The minimum atomic E-state index is -2.88. The number of aryl methyl sites for hydroxylation is 4. The molecule has 12 aromatic rings. The van der Waals surface area contributed by atoms with Crippen LogP contribution < -0.4 is 0 Å². The Morgan fingerprint density at radius 1 is 0.500 bits per heavy atom. The van der Waals surface area contributed by atoms with E-state index in [1.165, 1.54) is 42.7 Å². The number of hydrogen-bond donors (Lipinski definition) is 0. The van der Waals surface area contributed by atoms with Gasteiger partial charge in [-0.3, -0.25) is 0 Å². The van der Waals surface area contributed by atoms with E-state index in [0.717, 1.165) is 16.7 Å². The van der Waals surface area contributed by atoms with Crippen molar-refractivity contribution in [3.05, 3.63) is 259 Å². The molecule has 6 nitrogen and oxygen atoms in total. The maximum absolute atomic E-state index is 10.7. The number of hydrogen-bond acceptors (Lipinski definition) is 5. The molecule has 0 unspecified atom stereocenters. The van der Waals surface area contributed by atoms with Crippen molar-refractivity contribution in [2.45, 2.75) is 25.5 Å². The molecule has 0 aliphatic carbocycles. The van der Waals surface area contributed by atoms with Crippen LogP contribution in [-0.2, 0) is 45.6 Å². The zero-order chi connectivity index (χ0) is 54.7. The molecular weight excluding hydrogens is 1060 g/mol. The summed E-state index contributed by atoms with van der Waals surface area (Å²) in [4.78, 5) is 19.2. The van der Waals surface area contributed by atoms with Crippen molar-refractivity contribution in [2.24, 2.45) is 0 Å². The molecule has 0 aliphatic heterocycles. The van der Waals surface area contributed by atoms with Gasteiger partial charge in [-0.1, -0.05) is 127 Å². The summed E-state index contributed by atoms with van der Waals surface area (Å²) < 4.78 is 79.3. The van der Waals surface area contributed by atoms with E-state index in [2.05, 4.69) is 34.2 Å². The Labute approximate surface area is 443 Å². The summed E-state index contributed by atoms with van der Waals surface area (Å²) in [5.74, 6) is 0.167. The predicted molar refractivity (Wildman–Crippen MR) is 285 cm³/mol. The molecule has 0 spiro atoms. The van der Waals surface area contributed by atoms with Crippen LogP contribution in [0.3, 0.4) is 0 Å². The van der Waals surface area contributed by atoms with E-state index in [4.69, 9.17) is 9.97 Å². The zero-order valence-electron chi connectivity index (χ0n) is 46.2. The molecule has 0 aliphatic rings. The predicted octanol–water partition coefficient (Wildman–Crippen LogP) is 14.7. The van der Waals surface area contributed by atoms with Crippen LogP contribution in [0, 0.1) is 29.5 Å². The molecule has 5 aromatic heterocycles. The quantitative estimate of drug-likeness (QED) is 0.0899.